The van der Waals surface area contributed by atoms with Gasteiger partial charge in [0.05, 0.1) is 18.4 Å². The first kappa shape index (κ1) is 18.7. The lowest BCUT2D eigenvalue weighted by Crippen LogP contribution is -2.50. The zero-order valence-corrected chi connectivity index (χ0v) is 14.2. The van der Waals surface area contributed by atoms with Gasteiger partial charge in [-0.1, -0.05) is 0 Å². The fourth-order valence-corrected chi connectivity index (χ4v) is 3.48. The van der Waals surface area contributed by atoms with Gasteiger partial charge in [0.25, 0.3) is 0 Å². The van der Waals surface area contributed by atoms with Crippen molar-refractivity contribution in [2.75, 3.05) is 45.8 Å². The van der Waals surface area contributed by atoms with E-state index in [1.165, 1.54) is 0 Å². The topological polar surface area (TPSA) is 122 Å². The molecule has 2 heterocycles. The number of nitrogens with zero attached hydrogens (tertiary/aromatic N) is 2. The molecule has 2 aliphatic heterocycles. The summed E-state index contributed by atoms with van der Waals surface area (Å²) in [5.74, 6) is -0.618. The summed E-state index contributed by atoms with van der Waals surface area (Å²) in [5, 5.41) is 2.82. The molecular weight excluding hydrogens is 310 g/mol. The fourth-order valence-electron chi connectivity index (χ4n) is 3.48. The van der Waals surface area contributed by atoms with E-state index in [1.54, 1.807) is 4.90 Å². The van der Waals surface area contributed by atoms with Crippen molar-refractivity contribution >= 4 is 17.7 Å². The Morgan fingerprint density at radius 2 is 1.75 bits per heavy atom. The normalized spacial score (nSPS) is 25.3. The Labute approximate surface area is 142 Å². The zero-order chi connectivity index (χ0) is 17.5. The molecule has 2 atom stereocenters. The van der Waals surface area contributed by atoms with Crippen molar-refractivity contribution in [2.45, 2.75) is 25.7 Å². The average Bonchev–Trinajstić information content (AvgIpc) is 2.60. The van der Waals surface area contributed by atoms with Gasteiger partial charge in [0.15, 0.2) is 0 Å². The number of nitrogens with two attached hydrogens (primary N) is 2. The number of nitrogens with one attached hydrogen (secondary N) is 1. The van der Waals surface area contributed by atoms with Crippen molar-refractivity contribution in [1.82, 2.24) is 15.1 Å². The SMILES string of the molecule is NCCNC(=O)C1CCCN(CC(=O)N2CCCC(C(N)=O)C2)C1. The van der Waals surface area contributed by atoms with Gasteiger partial charge >= 0.3 is 0 Å². The van der Waals surface area contributed by atoms with Crippen LogP contribution in [0.2, 0.25) is 0 Å². The number of amides is 3. The third-order valence-electron chi connectivity index (χ3n) is 4.86. The van der Waals surface area contributed by atoms with E-state index in [-0.39, 0.29) is 29.6 Å². The van der Waals surface area contributed by atoms with Crippen LogP contribution < -0.4 is 16.8 Å². The lowest BCUT2D eigenvalue weighted by molar-refractivity contribution is -0.137. The maximum absolute atomic E-state index is 12.5. The highest BCUT2D eigenvalue weighted by Crippen LogP contribution is 2.19. The van der Waals surface area contributed by atoms with E-state index in [9.17, 15) is 14.4 Å². The van der Waals surface area contributed by atoms with Gasteiger partial charge in [-0.15, -0.1) is 0 Å². The second-order valence-electron chi connectivity index (χ2n) is 6.74. The Hall–Kier alpha value is -1.67. The van der Waals surface area contributed by atoms with Gasteiger partial charge in [-0.05, 0) is 32.2 Å². The summed E-state index contributed by atoms with van der Waals surface area (Å²) in [6.07, 6.45) is 3.31. The van der Waals surface area contributed by atoms with Crippen LogP contribution in [0.5, 0.6) is 0 Å². The molecule has 0 spiro atoms. The average molecular weight is 339 g/mol. The van der Waals surface area contributed by atoms with Crippen LogP contribution in [0.15, 0.2) is 0 Å². The molecule has 0 aliphatic carbocycles. The van der Waals surface area contributed by atoms with E-state index in [2.05, 4.69) is 5.32 Å². The summed E-state index contributed by atoms with van der Waals surface area (Å²) >= 11 is 0. The molecule has 2 saturated heterocycles. The van der Waals surface area contributed by atoms with Crippen LogP contribution in [-0.4, -0.2) is 73.3 Å². The van der Waals surface area contributed by atoms with Crippen molar-refractivity contribution in [3.05, 3.63) is 0 Å². The molecule has 3 amide bonds. The molecule has 0 aromatic carbocycles. The van der Waals surface area contributed by atoms with E-state index in [0.717, 1.165) is 32.2 Å². The van der Waals surface area contributed by atoms with Crippen molar-refractivity contribution in [3.8, 4) is 0 Å². The first-order valence-corrected chi connectivity index (χ1v) is 8.78. The van der Waals surface area contributed by atoms with Crippen molar-refractivity contribution < 1.29 is 14.4 Å². The molecule has 2 fully saturated rings. The summed E-state index contributed by atoms with van der Waals surface area (Å²) in [5.41, 5.74) is 10.8. The molecular formula is C16H29N5O3. The molecule has 2 aliphatic rings. The summed E-state index contributed by atoms with van der Waals surface area (Å²) in [6, 6.07) is 0. The second-order valence-corrected chi connectivity index (χ2v) is 6.74. The quantitative estimate of drug-likeness (QED) is 0.543. The molecule has 0 aromatic rings. The van der Waals surface area contributed by atoms with Crippen molar-refractivity contribution in [1.29, 1.82) is 0 Å². The third-order valence-corrected chi connectivity index (χ3v) is 4.86. The van der Waals surface area contributed by atoms with Crippen LogP contribution in [0.25, 0.3) is 0 Å². The number of rotatable bonds is 6. The van der Waals surface area contributed by atoms with Gasteiger partial charge in [0.2, 0.25) is 17.7 Å². The molecule has 0 bridgehead atoms. The maximum Gasteiger partial charge on any atom is 0.236 e. The summed E-state index contributed by atoms with van der Waals surface area (Å²) < 4.78 is 0. The minimum absolute atomic E-state index is 0.0176. The molecule has 2 unspecified atom stereocenters. The molecule has 8 heteroatoms. The third kappa shape index (κ3) is 5.17. The number of hydrogen-bond acceptors (Lipinski definition) is 5. The van der Waals surface area contributed by atoms with Gasteiger partial charge in [-0.25, -0.2) is 0 Å². The van der Waals surface area contributed by atoms with Crippen molar-refractivity contribution in [2.24, 2.45) is 23.3 Å². The van der Waals surface area contributed by atoms with E-state index in [1.807, 2.05) is 4.90 Å². The van der Waals surface area contributed by atoms with Crippen LogP contribution >= 0.6 is 0 Å². The Morgan fingerprint density at radius 3 is 2.46 bits per heavy atom. The molecule has 0 saturated carbocycles. The Balaban J connectivity index is 1.82. The molecule has 2 rings (SSSR count). The highest BCUT2D eigenvalue weighted by atomic mass is 16.2. The Bertz CT molecular complexity index is 471. The van der Waals surface area contributed by atoms with Crippen LogP contribution in [-0.2, 0) is 14.4 Å². The van der Waals surface area contributed by atoms with Crippen LogP contribution in [0, 0.1) is 11.8 Å². The molecule has 136 valence electrons. The summed E-state index contributed by atoms with van der Waals surface area (Å²) in [4.78, 5) is 39.7. The largest absolute Gasteiger partial charge is 0.369 e. The van der Waals surface area contributed by atoms with Gasteiger partial charge < -0.3 is 21.7 Å². The minimum atomic E-state index is -0.331. The summed E-state index contributed by atoms with van der Waals surface area (Å²) in [7, 11) is 0. The van der Waals surface area contributed by atoms with Crippen molar-refractivity contribution in [3.63, 3.8) is 0 Å². The number of hydrogen-bond donors (Lipinski definition) is 3. The van der Waals surface area contributed by atoms with Gasteiger partial charge in [-0.3, -0.25) is 19.3 Å². The van der Waals surface area contributed by atoms with Crippen LogP contribution in [0.3, 0.4) is 0 Å². The van der Waals surface area contributed by atoms with Gasteiger partial charge in [0, 0.05) is 32.7 Å². The summed E-state index contributed by atoms with van der Waals surface area (Å²) in [6.45, 7) is 3.72. The molecule has 0 radical (unpaired) electrons. The zero-order valence-electron chi connectivity index (χ0n) is 14.2. The maximum atomic E-state index is 12.5. The van der Waals surface area contributed by atoms with E-state index in [4.69, 9.17) is 11.5 Å². The van der Waals surface area contributed by atoms with Gasteiger partial charge in [-0.2, -0.15) is 0 Å². The number of likely N-dealkylation sites (tertiary alicyclic amines) is 2. The van der Waals surface area contributed by atoms with E-state index < -0.39 is 0 Å². The van der Waals surface area contributed by atoms with E-state index in [0.29, 0.717) is 39.3 Å². The fraction of sp³-hybridized carbons (Fsp3) is 0.812. The van der Waals surface area contributed by atoms with Crippen LogP contribution in [0.1, 0.15) is 25.7 Å². The minimum Gasteiger partial charge on any atom is -0.369 e. The lowest BCUT2D eigenvalue weighted by atomic mass is 9.96. The Morgan fingerprint density at radius 1 is 1.04 bits per heavy atom. The predicted molar refractivity (Wildman–Crippen MR) is 89.7 cm³/mol. The number of carbonyl (C=O) groups excluding carboxylic acids is 3. The Kier molecular flexibility index (Phi) is 6.99. The molecule has 0 aromatic heterocycles. The smallest absolute Gasteiger partial charge is 0.236 e. The number of carbonyl (C=O) groups is 3. The number of primary amides is 1. The van der Waals surface area contributed by atoms with E-state index >= 15 is 0 Å². The predicted octanol–water partition coefficient (Wildman–Crippen LogP) is -1.50. The highest BCUT2D eigenvalue weighted by Gasteiger charge is 2.30. The lowest BCUT2D eigenvalue weighted by Gasteiger charge is -2.35. The monoisotopic (exact) mass is 339 g/mol. The first-order valence-electron chi connectivity index (χ1n) is 8.78. The highest BCUT2D eigenvalue weighted by molar-refractivity contribution is 5.82. The second kappa shape index (κ2) is 8.98. The first-order chi connectivity index (χ1) is 11.5. The van der Waals surface area contributed by atoms with Crippen LogP contribution in [0.4, 0.5) is 0 Å². The molecule has 8 nitrogen and oxygen atoms in total. The standard InChI is InChI=1S/C16H29N5O3/c17-5-6-19-16(24)13-4-1-7-20(9-13)11-14(22)21-8-2-3-12(10-21)15(18)23/h12-13H,1-11,17H2,(H2,18,23)(H,19,24). The molecule has 24 heavy (non-hydrogen) atoms. The number of piperidine rings is 2. The van der Waals surface area contributed by atoms with Gasteiger partial charge in [0.1, 0.15) is 0 Å². The molecule has 5 N–H and O–H groups in total.